The maximum absolute atomic E-state index is 12.0. The number of rotatable bonds is 8. The predicted octanol–water partition coefficient (Wildman–Crippen LogP) is 2.40. The van der Waals surface area contributed by atoms with Crippen molar-refractivity contribution in [2.24, 2.45) is 0 Å². The lowest BCUT2D eigenvalue weighted by Crippen LogP contribution is -2.30. The van der Waals surface area contributed by atoms with Gasteiger partial charge in [0.05, 0.1) is 13.7 Å². The molecule has 2 aromatic carbocycles. The molecule has 7 nitrogen and oxygen atoms in total. The zero-order valence-electron chi connectivity index (χ0n) is 14.7. The molecule has 2 rings (SSSR count). The molecule has 2 aromatic rings. The number of carbonyl (C=O) groups is 3. The monoisotopic (exact) mass is 390 g/mol. The van der Waals surface area contributed by atoms with Crippen LogP contribution in [0.3, 0.4) is 0 Å². The first kappa shape index (κ1) is 20.4. The van der Waals surface area contributed by atoms with Gasteiger partial charge in [-0.25, -0.2) is 0 Å². The van der Waals surface area contributed by atoms with Gasteiger partial charge in [-0.1, -0.05) is 35.9 Å². The molecule has 27 heavy (non-hydrogen) atoms. The minimum Gasteiger partial charge on any atom is -0.468 e. The zero-order chi connectivity index (χ0) is 19.6. The Morgan fingerprint density at radius 2 is 1.85 bits per heavy atom. The number of ether oxygens (including phenoxy) is 2. The summed E-state index contributed by atoms with van der Waals surface area (Å²) in [7, 11) is 1.23. The van der Waals surface area contributed by atoms with E-state index in [1.165, 1.54) is 13.2 Å². The molecule has 0 radical (unpaired) electrons. The zero-order valence-corrected chi connectivity index (χ0v) is 15.4. The van der Waals surface area contributed by atoms with Gasteiger partial charge in [0, 0.05) is 16.3 Å². The van der Waals surface area contributed by atoms with Gasteiger partial charge in [-0.15, -0.1) is 0 Å². The van der Waals surface area contributed by atoms with E-state index in [2.05, 4.69) is 15.4 Å². The quantitative estimate of drug-likeness (QED) is 0.675. The largest absolute Gasteiger partial charge is 0.468 e. The number of esters is 1. The Morgan fingerprint density at radius 3 is 2.59 bits per heavy atom. The van der Waals surface area contributed by atoms with Gasteiger partial charge in [0.15, 0.2) is 0 Å². The van der Waals surface area contributed by atoms with Crippen LogP contribution in [0.25, 0.3) is 0 Å². The van der Waals surface area contributed by atoms with Crippen LogP contribution < -0.4 is 10.6 Å². The van der Waals surface area contributed by atoms with Gasteiger partial charge >= 0.3 is 5.97 Å². The maximum Gasteiger partial charge on any atom is 0.325 e. The second-order valence-corrected chi connectivity index (χ2v) is 5.88. The summed E-state index contributed by atoms with van der Waals surface area (Å²) in [6, 6.07) is 13.5. The summed E-state index contributed by atoms with van der Waals surface area (Å²) in [5.41, 5.74) is 1.52. The van der Waals surface area contributed by atoms with Crippen LogP contribution in [-0.2, 0) is 25.7 Å². The highest BCUT2D eigenvalue weighted by Gasteiger charge is 2.10. The highest BCUT2D eigenvalue weighted by molar-refractivity contribution is 6.31. The van der Waals surface area contributed by atoms with Crippen LogP contribution in [-0.4, -0.2) is 38.0 Å². The Morgan fingerprint density at radius 1 is 1.07 bits per heavy atom. The fourth-order valence-electron chi connectivity index (χ4n) is 2.13. The Balaban J connectivity index is 1.84. The molecule has 142 valence electrons. The molecule has 0 atom stereocenters. The number of anilines is 1. The van der Waals surface area contributed by atoms with Gasteiger partial charge in [0.2, 0.25) is 5.91 Å². The van der Waals surface area contributed by atoms with Crippen molar-refractivity contribution in [1.29, 1.82) is 0 Å². The molecule has 0 aliphatic heterocycles. The Hall–Kier alpha value is -2.90. The summed E-state index contributed by atoms with van der Waals surface area (Å²) in [6.45, 7) is -0.186. The molecular weight excluding hydrogens is 372 g/mol. The molecule has 0 unspecified atom stereocenters. The summed E-state index contributed by atoms with van der Waals surface area (Å²) in [6.07, 6.45) is 0. The molecule has 2 N–H and O–H groups in total. The second kappa shape index (κ2) is 10.3. The van der Waals surface area contributed by atoms with Gasteiger partial charge in [0.25, 0.3) is 5.91 Å². The van der Waals surface area contributed by atoms with E-state index in [1.807, 2.05) is 18.2 Å². The van der Waals surface area contributed by atoms with Crippen molar-refractivity contribution < 1.29 is 23.9 Å². The molecule has 0 saturated carbocycles. The molecule has 0 heterocycles. The van der Waals surface area contributed by atoms with Gasteiger partial charge < -0.3 is 20.1 Å². The number of hydrogen-bond acceptors (Lipinski definition) is 5. The number of methoxy groups -OCH3 is 1. The van der Waals surface area contributed by atoms with Crippen LogP contribution in [0.4, 0.5) is 5.69 Å². The van der Waals surface area contributed by atoms with Gasteiger partial charge in [0.1, 0.15) is 13.2 Å². The van der Waals surface area contributed by atoms with E-state index in [-0.39, 0.29) is 25.7 Å². The molecule has 0 saturated heterocycles. The van der Waals surface area contributed by atoms with Crippen LogP contribution in [0.1, 0.15) is 15.9 Å². The average molecular weight is 391 g/mol. The van der Waals surface area contributed by atoms with Crippen molar-refractivity contribution in [3.8, 4) is 0 Å². The van der Waals surface area contributed by atoms with Crippen LogP contribution in [0.5, 0.6) is 0 Å². The average Bonchev–Trinajstić information content (AvgIpc) is 2.67. The molecule has 0 spiro atoms. The smallest absolute Gasteiger partial charge is 0.325 e. The van der Waals surface area contributed by atoms with Crippen molar-refractivity contribution in [3.63, 3.8) is 0 Å². The number of benzene rings is 2. The molecule has 0 aliphatic rings. The molecule has 8 heteroatoms. The first-order valence-electron chi connectivity index (χ1n) is 8.05. The fraction of sp³-hybridized carbons (Fsp3) is 0.211. The van der Waals surface area contributed by atoms with E-state index in [9.17, 15) is 14.4 Å². The number of carbonyl (C=O) groups excluding carboxylic acids is 3. The molecule has 0 fully saturated rings. The third-order valence-corrected chi connectivity index (χ3v) is 3.85. The van der Waals surface area contributed by atoms with Crippen molar-refractivity contribution in [2.45, 2.75) is 6.61 Å². The summed E-state index contributed by atoms with van der Waals surface area (Å²) in [5.74, 6) is -1.37. The highest BCUT2D eigenvalue weighted by Crippen LogP contribution is 2.16. The normalized spacial score (nSPS) is 10.1. The van der Waals surface area contributed by atoms with Crippen molar-refractivity contribution in [1.82, 2.24) is 5.32 Å². The lowest BCUT2D eigenvalue weighted by Gasteiger charge is -2.09. The summed E-state index contributed by atoms with van der Waals surface area (Å²) >= 11 is 6.02. The van der Waals surface area contributed by atoms with Crippen molar-refractivity contribution >= 4 is 35.1 Å². The molecule has 2 amide bonds. The van der Waals surface area contributed by atoms with E-state index >= 15 is 0 Å². The lowest BCUT2D eigenvalue weighted by atomic mass is 10.2. The maximum atomic E-state index is 12.0. The summed E-state index contributed by atoms with van der Waals surface area (Å²) in [5, 5.41) is 5.64. The first-order valence-corrected chi connectivity index (χ1v) is 8.43. The molecular formula is C19H19ClN2O5. The molecule has 0 bridgehead atoms. The lowest BCUT2D eigenvalue weighted by molar-refractivity contribution is -0.139. The third-order valence-electron chi connectivity index (χ3n) is 3.48. The van der Waals surface area contributed by atoms with Crippen molar-refractivity contribution in [2.75, 3.05) is 25.6 Å². The third kappa shape index (κ3) is 6.73. The second-order valence-electron chi connectivity index (χ2n) is 5.47. The number of halogens is 1. The van der Waals surface area contributed by atoms with Crippen LogP contribution >= 0.6 is 11.6 Å². The molecule has 0 aliphatic carbocycles. The predicted molar refractivity (Wildman–Crippen MR) is 101 cm³/mol. The minimum atomic E-state index is -0.552. The standard InChI is InChI=1S/C19H19ClN2O5/c1-26-18(24)10-21-19(25)13-6-4-7-15(9-13)22-17(23)12-27-11-14-5-2-3-8-16(14)20/h2-9H,10-12H2,1H3,(H,21,25)(H,22,23). The number of nitrogens with one attached hydrogen (secondary N) is 2. The Labute approximate surface area is 161 Å². The van der Waals surface area contributed by atoms with Gasteiger partial charge in [-0.2, -0.15) is 0 Å². The van der Waals surface area contributed by atoms with E-state index in [1.54, 1.807) is 24.3 Å². The summed E-state index contributed by atoms with van der Waals surface area (Å²) < 4.78 is 9.82. The topological polar surface area (TPSA) is 93.7 Å². The first-order chi connectivity index (χ1) is 13.0. The van der Waals surface area contributed by atoms with Crippen LogP contribution in [0.15, 0.2) is 48.5 Å². The Bertz CT molecular complexity index is 825. The Kier molecular flexibility index (Phi) is 7.79. The SMILES string of the molecule is COC(=O)CNC(=O)c1cccc(NC(=O)COCc2ccccc2Cl)c1. The van der Waals surface area contributed by atoms with Crippen LogP contribution in [0, 0.1) is 0 Å². The highest BCUT2D eigenvalue weighted by atomic mass is 35.5. The summed E-state index contributed by atoms with van der Waals surface area (Å²) in [4.78, 5) is 35.1. The van der Waals surface area contributed by atoms with Crippen LogP contribution in [0.2, 0.25) is 5.02 Å². The van der Waals surface area contributed by atoms with Crippen molar-refractivity contribution in [3.05, 3.63) is 64.7 Å². The van der Waals surface area contributed by atoms with Gasteiger partial charge in [-0.3, -0.25) is 14.4 Å². The number of hydrogen-bond donors (Lipinski definition) is 2. The molecule has 0 aromatic heterocycles. The minimum absolute atomic E-state index is 0.163. The van der Waals surface area contributed by atoms with E-state index < -0.39 is 11.9 Å². The number of amides is 2. The van der Waals surface area contributed by atoms with E-state index in [4.69, 9.17) is 16.3 Å². The van der Waals surface area contributed by atoms with Gasteiger partial charge in [-0.05, 0) is 29.8 Å². The fourth-order valence-corrected chi connectivity index (χ4v) is 2.32. The van der Waals surface area contributed by atoms with E-state index in [0.717, 1.165) is 5.56 Å². The van der Waals surface area contributed by atoms with E-state index in [0.29, 0.717) is 16.3 Å².